The average Bonchev–Trinajstić information content (AvgIpc) is 2.41. The number of benzene rings is 1. The van der Waals surface area contributed by atoms with E-state index in [4.69, 9.17) is 5.73 Å². The number of hydrogen-bond acceptors (Lipinski definition) is 2. The number of pyridine rings is 1. The summed E-state index contributed by atoms with van der Waals surface area (Å²) < 4.78 is 1.25. The smallest absolute Gasteiger partial charge is 0.0606 e. The Morgan fingerprint density at radius 1 is 1.22 bits per heavy atom. The van der Waals surface area contributed by atoms with Crippen molar-refractivity contribution in [2.75, 3.05) is 0 Å². The van der Waals surface area contributed by atoms with Gasteiger partial charge in [-0.2, -0.15) is 0 Å². The fourth-order valence-electron chi connectivity index (χ4n) is 2.05. The van der Waals surface area contributed by atoms with Crippen molar-refractivity contribution in [2.45, 2.75) is 25.8 Å². The average molecular weight is 352 g/mol. The second-order valence-electron chi connectivity index (χ2n) is 4.34. The maximum Gasteiger partial charge on any atom is 0.0606 e. The van der Waals surface area contributed by atoms with Gasteiger partial charge < -0.3 is 5.73 Å². The molecular weight excluding hydrogens is 335 g/mol. The lowest BCUT2D eigenvalue weighted by Crippen LogP contribution is -2.17. The molecule has 2 N–H and O–H groups in total. The van der Waals surface area contributed by atoms with E-state index in [0.29, 0.717) is 0 Å². The van der Waals surface area contributed by atoms with Crippen LogP contribution in [0.25, 0.3) is 0 Å². The zero-order valence-corrected chi connectivity index (χ0v) is 12.6. The topological polar surface area (TPSA) is 38.9 Å². The Balaban J connectivity index is 2.16. The molecule has 0 aliphatic rings. The Kier molecular flexibility index (Phi) is 4.72. The highest BCUT2D eigenvalue weighted by Crippen LogP contribution is 2.19. The van der Waals surface area contributed by atoms with Crippen molar-refractivity contribution in [2.24, 2.45) is 5.73 Å². The molecule has 0 saturated heterocycles. The first-order chi connectivity index (χ1) is 8.70. The zero-order valence-electron chi connectivity index (χ0n) is 10.4. The number of aryl methyl sites for hydroxylation is 1. The molecule has 1 aromatic carbocycles. The van der Waals surface area contributed by atoms with Crippen LogP contribution in [0.2, 0.25) is 0 Å². The summed E-state index contributed by atoms with van der Waals surface area (Å²) in [6.07, 6.45) is 3.63. The van der Waals surface area contributed by atoms with Gasteiger partial charge in [-0.1, -0.05) is 25.1 Å². The van der Waals surface area contributed by atoms with Gasteiger partial charge in [-0.15, -0.1) is 0 Å². The first-order valence-electron chi connectivity index (χ1n) is 6.14. The SMILES string of the molecule is CCc1cccnc1C(N)Cc1ccc(I)cc1. The van der Waals surface area contributed by atoms with Gasteiger partial charge in [0.25, 0.3) is 0 Å². The maximum absolute atomic E-state index is 6.28. The third-order valence-corrected chi connectivity index (χ3v) is 3.75. The van der Waals surface area contributed by atoms with Crippen molar-refractivity contribution < 1.29 is 0 Å². The van der Waals surface area contributed by atoms with E-state index in [-0.39, 0.29) is 6.04 Å². The van der Waals surface area contributed by atoms with E-state index in [0.717, 1.165) is 18.5 Å². The molecule has 94 valence electrons. The first kappa shape index (κ1) is 13.5. The van der Waals surface area contributed by atoms with Gasteiger partial charge in [0, 0.05) is 9.77 Å². The number of rotatable bonds is 4. The van der Waals surface area contributed by atoms with Crippen molar-refractivity contribution >= 4 is 22.6 Å². The molecule has 18 heavy (non-hydrogen) atoms. The Hall–Kier alpha value is -0.940. The maximum atomic E-state index is 6.28. The number of aromatic nitrogens is 1. The van der Waals surface area contributed by atoms with Crippen LogP contribution in [0.5, 0.6) is 0 Å². The van der Waals surface area contributed by atoms with E-state index < -0.39 is 0 Å². The third-order valence-electron chi connectivity index (χ3n) is 3.03. The molecule has 1 heterocycles. The van der Waals surface area contributed by atoms with Crippen LogP contribution < -0.4 is 5.73 Å². The molecule has 0 amide bonds. The van der Waals surface area contributed by atoms with Crippen molar-refractivity contribution in [3.05, 3.63) is 63.0 Å². The molecule has 1 unspecified atom stereocenters. The van der Waals surface area contributed by atoms with Crippen LogP contribution in [-0.4, -0.2) is 4.98 Å². The van der Waals surface area contributed by atoms with E-state index >= 15 is 0 Å². The van der Waals surface area contributed by atoms with Gasteiger partial charge in [0.1, 0.15) is 0 Å². The molecule has 0 aliphatic carbocycles. The van der Waals surface area contributed by atoms with E-state index in [1.807, 2.05) is 12.3 Å². The van der Waals surface area contributed by atoms with Crippen molar-refractivity contribution in [1.29, 1.82) is 0 Å². The van der Waals surface area contributed by atoms with Crippen molar-refractivity contribution in [3.63, 3.8) is 0 Å². The summed E-state index contributed by atoms with van der Waals surface area (Å²) in [4.78, 5) is 4.44. The van der Waals surface area contributed by atoms with Crippen LogP contribution in [0, 0.1) is 3.57 Å². The van der Waals surface area contributed by atoms with E-state index in [2.05, 4.69) is 64.8 Å². The van der Waals surface area contributed by atoms with Crippen LogP contribution in [0.3, 0.4) is 0 Å². The molecule has 2 nitrogen and oxygen atoms in total. The summed E-state index contributed by atoms with van der Waals surface area (Å²) in [6, 6.07) is 12.5. The third kappa shape index (κ3) is 3.29. The molecule has 0 radical (unpaired) electrons. The quantitative estimate of drug-likeness (QED) is 0.856. The minimum Gasteiger partial charge on any atom is -0.322 e. The second-order valence-corrected chi connectivity index (χ2v) is 5.58. The number of halogens is 1. The standard InChI is InChI=1S/C15H17IN2/c1-2-12-4-3-9-18-15(12)14(17)10-11-5-7-13(16)8-6-11/h3-9,14H,2,10,17H2,1H3. The monoisotopic (exact) mass is 352 g/mol. The molecule has 0 bridgehead atoms. The fourth-order valence-corrected chi connectivity index (χ4v) is 2.41. The molecule has 0 spiro atoms. The lowest BCUT2D eigenvalue weighted by atomic mass is 9.99. The summed E-state index contributed by atoms with van der Waals surface area (Å²) in [7, 11) is 0. The molecular formula is C15H17IN2. The van der Waals surface area contributed by atoms with Crippen LogP contribution in [0.1, 0.15) is 29.8 Å². The lowest BCUT2D eigenvalue weighted by Gasteiger charge is -2.14. The predicted molar refractivity (Wildman–Crippen MR) is 83.4 cm³/mol. The van der Waals surface area contributed by atoms with Crippen LogP contribution in [0.4, 0.5) is 0 Å². The highest BCUT2D eigenvalue weighted by Gasteiger charge is 2.11. The van der Waals surface area contributed by atoms with Crippen LogP contribution in [0.15, 0.2) is 42.6 Å². The van der Waals surface area contributed by atoms with E-state index in [9.17, 15) is 0 Å². The van der Waals surface area contributed by atoms with Gasteiger partial charge >= 0.3 is 0 Å². The predicted octanol–water partition coefficient (Wildman–Crippen LogP) is 3.49. The number of hydrogen-bond donors (Lipinski definition) is 1. The highest BCUT2D eigenvalue weighted by atomic mass is 127. The summed E-state index contributed by atoms with van der Waals surface area (Å²) in [5.74, 6) is 0. The van der Waals surface area contributed by atoms with Gasteiger partial charge in [-0.05, 0) is 64.8 Å². The van der Waals surface area contributed by atoms with Gasteiger partial charge in [0.2, 0.25) is 0 Å². The van der Waals surface area contributed by atoms with Crippen LogP contribution in [-0.2, 0) is 12.8 Å². The van der Waals surface area contributed by atoms with E-state index in [1.54, 1.807) is 0 Å². The van der Waals surface area contributed by atoms with Crippen molar-refractivity contribution in [3.8, 4) is 0 Å². The summed E-state index contributed by atoms with van der Waals surface area (Å²) in [6.45, 7) is 2.14. The summed E-state index contributed by atoms with van der Waals surface area (Å²) in [5.41, 5.74) is 9.81. The largest absolute Gasteiger partial charge is 0.322 e. The molecule has 2 aromatic rings. The molecule has 0 saturated carbocycles. The van der Waals surface area contributed by atoms with E-state index in [1.165, 1.54) is 14.7 Å². The second kappa shape index (κ2) is 6.29. The molecule has 1 atom stereocenters. The van der Waals surface area contributed by atoms with Gasteiger partial charge in [0.15, 0.2) is 0 Å². The molecule has 3 heteroatoms. The normalized spacial score (nSPS) is 12.4. The molecule has 1 aromatic heterocycles. The minimum atomic E-state index is -0.0267. The Morgan fingerprint density at radius 2 is 1.94 bits per heavy atom. The Morgan fingerprint density at radius 3 is 2.61 bits per heavy atom. The summed E-state index contributed by atoms with van der Waals surface area (Å²) >= 11 is 2.31. The van der Waals surface area contributed by atoms with Gasteiger partial charge in [-0.3, -0.25) is 4.98 Å². The molecule has 2 rings (SSSR count). The molecule has 0 aliphatic heterocycles. The number of nitrogens with two attached hydrogens (primary N) is 1. The van der Waals surface area contributed by atoms with Gasteiger partial charge in [0.05, 0.1) is 11.7 Å². The van der Waals surface area contributed by atoms with Gasteiger partial charge in [-0.25, -0.2) is 0 Å². The Labute approximate surface area is 122 Å². The fraction of sp³-hybridized carbons (Fsp3) is 0.267. The number of nitrogens with zero attached hydrogens (tertiary/aromatic N) is 1. The van der Waals surface area contributed by atoms with Crippen molar-refractivity contribution in [1.82, 2.24) is 4.98 Å². The molecule has 0 fully saturated rings. The zero-order chi connectivity index (χ0) is 13.0. The summed E-state index contributed by atoms with van der Waals surface area (Å²) in [5, 5.41) is 0. The highest BCUT2D eigenvalue weighted by molar-refractivity contribution is 14.1. The van der Waals surface area contributed by atoms with Crippen LogP contribution >= 0.6 is 22.6 Å². The first-order valence-corrected chi connectivity index (χ1v) is 7.22. The Bertz CT molecular complexity index is 508. The lowest BCUT2D eigenvalue weighted by molar-refractivity contribution is 0.685. The minimum absolute atomic E-state index is 0.0267.